The monoisotopic (exact) mass is 372 g/mol. The van der Waals surface area contributed by atoms with Crippen LogP contribution >= 0.6 is 0 Å². The molecule has 146 valence electrons. The zero-order chi connectivity index (χ0) is 18.3. The van der Waals surface area contributed by atoms with Gasteiger partial charge in [0.25, 0.3) is 0 Å². The Kier molecular flexibility index (Phi) is 3.34. The van der Waals surface area contributed by atoms with Crippen LogP contribution in [0.3, 0.4) is 0 Å². The van der Waals surface area contributed by atoms with Crippen LogP contribution < -0.4 is 0 Å². The van der Waals surface area contributed by atoms with Gasteiger partial charge in [-0.05, 0) is 86.7 Å². The second kappa shape index (κ2) is 5.75. The fraction of sp³-hybridized carbons (Fsp3) is 0.615. The van der Waals surface area contributed by atoms with Gasteiger partial charge in [-0.15, -0.1) is 0 Å². The third-order valence-corrected chi connectivity index (χ3v) is 8.90. The Morgan fingerprint density at radius 3 is 2.14 bits per heavy atom. The zero-order valence-electron chi connectivity index (χ0n) is 16.9. The van der Waals surface area contributed by atoms with Crippen molar-refractivity contribution in [2.75, 3.05) is 6.54 Å². The van der Waals surface area contributed by atoms with Crippen molar-refractivity contribution in [2.45, 2.75) is 75.9 Å². The maximum Gasteiger partial charge on any atom is 0.0393 e. The highest BCUT2D eigenvalue weighted by Gasteiger charge is 2.53. The first-order chi connectivity index (χ1) is 13.8. The van der Waals surface area contributed by atoms with Gasteiger partial charge in [0.15, 0.2) is 0 Å². The normalized spacial score (nSPS) is 36.6. The average molecular weight is 373 g/mol. The summed E-state index contributed by atoms with van der Waals surface area (Å²) in [5.74, 6) is 3.95. The van der Waals surface area contributed by atoms with Gasteiger partial charge < -0.3 is 4.57 Å². The van der Waals surface area contributed by atoms with Crippen molar-refractivity contribution >= 4 is 0 Å². The Labute approximate surface area is 168 Å². The van der Waals surface area contributed by atoms with E-state index in [1.807, 2.05) is 0 Å². The van der Waals surface area contributed by atoms with Crippen molar-refractivity contribution in [3.8, 4) is 11.1 Å². The zero-order valence-corrected chi connectivity index (χ0v) is 16.9. The summed E-state index contributed by atoms with van der Waals surface area (Å²) >= 11 is 0. The highest BCUT2D eigenvalue weighted by atomic mass is 15.3. The van der Waals surface area contributed by atoms with E-state index in [0.717, 1.165) is 23.7 Å². The van der Waals surface area contributed by atoms with Crippen molar-refractivity contribution in [1.82, 2.24) is 9.47 Å². The first-order valence-corrected chi connectivity index (χ1v) is 11.8. The molecule has 1 aliphatic heterocycles. The van der Waals surface area contributed by atoms with Crippen LogP contribution in [0, 0.1) is 17.8 Å². The molecule has 2 nitrogen and oxygen atoms in total. The van der Waals surface area contributed by atoms with E-state index in [-0.39, 0.29) is 0 Å². The molecule has 8 rings (SSSR count). The molecule has 4 bridgehead atoms. The van der Waals surface area contributed by atoms with E-state index in [9.17, 15) is 0 Å². The molecule has 0 atom stereocenters. The number of aromatic nitrogens is 1. The lowest BCUT2D eigenvalue weighted by Crippen LogP contribution is -2.61. The van der Waals surface area contributed by atoms with Gasteiger partial charge in [-0.2, -0.15) is 0 Å². The standard InChI is InChI=1S/C26H32N2/c1-2-4-21(5-3-1)24-13-23-17-27(8-9-28(23)25(24)22-6-7-22)26-14-18-10-19(15-26)12-20(11-18)16-26/h1-5,13,18-20,22H,6-12,14-17H2. The van der Waals surface area contributed by atoms with E-state index in [0.29, 0.717) is 5.54 Å². The van der Waals surface area contributed by atoms with Gasteiger partial charge in [0, 0.05) is 42.1 Å². The molecule has 1 aromatic carbocycles. The Morgan fingerprint density at radius 2 is 1.50 bits per heavy atom. The minimum absolute atomic E-state index is 0.553. The molecule has 0 saturated heterocycles. The summed E-state index contributed by atoms with van der Waals surface area (Å²) in [5.41, 5.74) is 6.77. The summed E-state index contributed by atoms with van der Waals surface area (Å²) in [6.45, 7) is 3.69. The number of hydrogen-bond donors (Lipinski definition) is 0. The summed E-state index contributed by atoms with van der Waals surface area (Å²) < 4.78 is 2.73. The summed E-state index contributed by atoms with van der Waals surface area (Å²) in [5, 5.41) is 0. The minimum atomic E-state index is 0.553. The molecule has 2 heterocycles. The molecule has 0 N–H and O–H groups in total. The third-order valence-electron chi connectivity index (χ3n) is 8.90. The van der Waals surface area contributed by atoms with Crippen LogP contribution in [0.2, 0.25) is 0 Å². The van der Waals surface area contributed by atoms with Crippen molar-refractivity contribution < 1.29 is 0 Å². The number of hydrogen-bond acceptors (Lipinski definition) is 1. The molecule has 0 spiro atoms. The SMILES string of the molecule is c1ccc(-c2cc3n(c2C2CC2)CCN(C24CC5CC(CC(C5)C2)C4)C3)cc1. The fourth-order valence-electron chi connectivity index (χ4n) is 8.01. The number of benzene rings is 1. The van der Waals surface area contributed by atoms with Crippen molar-refractivity contribution in [1.29, 1.82) is 0 Å². The highest BCUT2D eigenvalue weighted by molar-refractivity contribution is 5.69. The number of fused-ring (bicyclic) bond motifs is 1. The molecule has 5 fully saturated rings. The molecule has 28 heavy (non-hydrogen) atoms. The Morgan fingerprint density at radius 1 is 0.821 bits per heavy atom. The first kappa shape index (κ1) is 16.3. The lowest BCUT2D eigenvalue weighted by molar-refractivity contribution is -0.0978. The molecule has 0 unspecified atom stereocenters. The Hall–Kier alpha value is -1.54. The van der Waals surface area contributed by atoms with Gasteiger partial charge in [-0.3, -0.25) is 4.90 Å². The second-order valence-corrected chi connectivity index (χ2v) is 10.8. The molecule has 5 aliphatic carbocycles. The van der Waals surface area contributed by atoms with Crippen LogP contribution in [-0.2, 0) is 13.1 Å². The van der Waals surface area contributed by atoms with Gasteiger partial charge in [0.2, 0.25) is 0 Å². The summed E-state index contributed by atoms with van der Waals surface area (Å²) in [6.07, 6.45) is 11.9. The second-order valence-electron chi connectivity index (χ2n) is 10.8. The van der Waals surface area contributed by atoms with Crippen LogP contribution in [0.1, 0.15) is 68.7 Å². The molecule has 5 saturated carbocycles. The predicted molar refractivity (Wildman–Crippen MR) is 113 cm³/mol. The third kappa shape index (κ3) is 2.36. The minimum Gasteiger partial charge on any atom is -0.345 e. The number of rotatable bonds is 3. The van der Waals surface area contributed by atoms with Gasteiger partial charge in [-0.25, -0.2) is 0 Å². The van der Waals surface area contributed by atoms with Crippen LogP contribution in [0.4, 0.5) is 0 Å². The summed E-state index contributed by atoms with van der Waals surface area (Å²) in [4.78, 5) is 2.96. The molecular weight excluding hydrogens is 340 g/mol. The Bertz CT molecular complexity index is 869. The molecule has 0 radical (unpaired) electrons. The van der Waals surface area contributed by atoms with Crippen LogP contribution in [-0.4, -0.2) is 21.6 Å². The topological polar surface area (TPSA) is 8.17 Å². The first-order valence-electron chi connectivity index (χ1n) is 11.8. The van der Waals surface area contributed by atoms with E-state index in [2.05, 4.69) is 45.9 Å². The smallest absolute Gasteiger partial charge is 0.0393 e. The van der Waals surface area contributed by atoms with Crippen molar-refractivity contribution in [3.05, 3.63) is 47.8 Å². The molecule has 6 aliphatic rings. The lowest BCUT2D eigenvalue weighted by atomic mass is 9.52. The number of nitrogens with zero attached hydrogens (tertiary/aromatic N) is 2. The largest absolute Gasteiger partial charge is 0.345 e. The Balaban J connectivity index is 1.25. The van der Waals surface area contributed by atoms with Crippen molar-refractivity contribution in [3.63, 3.8) is 0 Å². The van der Waals surface area contributed by atoms with Gasteiger partial charge in [0.05, 0.1) is 0 Å². The van der Waals surface area contributed by atoms with Gasteiger partial charge >= 0.3 is 0 Å². The fourth-order valence-corrected chi connectivity index (χ4v) is 8.01. The average Bonchev–Trinajstić information content (AvgIpc) is 3.47. The lowest BCUT2D eigenvalue weighted by Gasteiger charge is -2.61. The van der Waals surface area contributed by atoms with Crippen LogP contribution in [0.25, 0.3) is 11.1 Å². The predicted octanol–water partition coefficient (Wildman–Crippen LogP) is 5.82. The summed E-state index contributed by atoms with van der Waals surface area (Å²) in [6, 6.07) is 13.7. The maximum atomic E-state index is 2.96. The van der Waals surface area contributed by atoms with Gasteiger partial charge in [-0.1, -0.05) is 30.3 Å². The highest BCUT2D eigenvalue weighted by Crippen LogP contribution is 2.58. The van der Waals surface area contributed by atoms with Crippen LogP contribution in [0.5, 0.6) is 0 Å². The molecule has 2 aromatic rings. The van der Waals surface area contributed by atoms with E-state index >= 15 is 0 Å². The van der Waals surface area contributed by atoms with E-state index in [1.165, 1.54) is 62.9 Å². The van der Waals surface area contributed by atoms with Gasteiger partial charge in [0.1, 0.15) is 0 Å². The van der Waals surface area contributed by atoms with E-state index in [1.54, 1.807) is 30.7 Å². The maximum absolute atomic E-state index is 2.96. The van der Waals surface area contributed by atoms with Crippen molar-refractivity contribution in [2.24, 2.45) is 17.8 Å². The molecule has 0 amide bonds. The molecular formula is C26H32N2. The summed E-state index contributed by atoms with van der Waals surface area (Å²) in [7, 11) is 0. The van der Waals surface area contributed by atoms with Crippen LogP contribution in [0.15, 0.2) is 36.4 Å². The quantitative estimate of drug-likeness (QED) is 0.659. The molecule has 1 aromatic heterocycles. The molecule has 2 heteroatoms. The van der Waals surface area contributed by atoms with E-state index < -0.39 is 0 Å². The van der Waals surface area contributed by atoms with E-state index in [4.69, 9.17) is 0 Å².